The normalized spacial score (nSPS) is 16.7. The molecule has 0 spiro atoms. The summed E-state index contributed by atoms with van der Waals surface area (Å²) in [4.78, 5) is 11.6. The van der Waals surface area contributed by atoms with Crippen molar-refractivity contribution in [2.45, 2.75) is 101 Å². The molecule has 0 aliphatic heterocycles. The van der Waals surface area contributed by atoms with Crippen LogP contribution in [0.4, 0.5) is 0 Å². The molecular weight excluding hydrogens is 480 g/mol. The first-order chi connectivity index (χ1) is 18.4. The Morgan fingerprint density at radius 2 is 1.21 bits per heavy atom. The molecule has 0 bridgehead atoms. The van der Waals surface area contributed by atoms with Gasteiger partial charge in [-0.15, -0.1) is 6.42 Å². The van der Waals surface area contributed by atoms with Crippen molar-refractivity contribution in [3.05, 3.63) is 78.9 Å². The molecule has 39 heavy (non-hydrogen) atoms. The first kappa shape index (κ1) is 30.3. The number of hydrogen-bond donors (Lipinski definition) is 0. The van der Waals surface area contributed by atoms with Gasteiger partial charge < -0.3 is 9.47 Å². The van der Waals surface area contributed by atoms with Gasteiger partial charge in [-0.3, -0.25) is 0 Å². The average Bonchev–Trinajstić information content (AvgIpc) is 2.91. The van der Waals surface area contributed by atoms with Gasteiger partial charge in [-0.2, -0.15) is 0 Å². The molecule has 3 rings (SSSR count). The highest BCUT2D eigenvalue weighted by molar-refractivity contribution is 5.86. The number of carbonyl (C=O) groups excluding carboxylic acids is 1. The van der Waals surface area contributed by atoms with Crippen LogP contribution in [-0.4, -0.2) is 18.9 Å². The third-order valence-corrected chi connectivity index (χ3v) is 8.99. The molecule has 3 nitrogen and oxygen atoms in total. The van der Waals surface area contributed by atoms with Gasteiger partial charge in [0.2, 0.25) is 0 Å². The SMILES string of the molecule is C#Cc1c(C)c(C)c(C#Cc2c(C)c(C)c(CC3CCC(OCOC(=O)C(=C)C)CC3)c(C)c2C)c(C)c1C. The zero-order valence-corrected chi connectivity index (χ0v) is 25.4. The molecule has 1 fully saturated rings. The molecule has 2 aromatic carbocycles. The quantitative estimate of drug-likeness (QED) is 0.168. The molecule has 1 saturated carbocycles. The Kier molecular flexibility index (Phi) is 9.88. The smallest absolute Gasteiger partial charge is 0.335 e. The van der Waals surface area contributed by atoms with Gasteiger partial charge in [-0.1, -0.05) is 24.3 Å². The molecule has 0 unspecified atom stereocenters. The zero-order valence-electron chi connectivity index (χ0n) is 25.4. The molecule has 0 atom stereocenters. The van der Waals surface area contributed by atoms with E-state index in [4.69, 9.17) is 15.9 Å². The van der Waals surface area contributed by atoms with Gasteiger partial charge >= 0.3 is 5.97 Å². The van der Waals surface area contributed by atoms with Crippen LogP contribution in [0.1, 0.15) is 99.4 Å². The highest BCUT2D eigenvalue weighted by Gasteiger charge is 2.24. The van der Waals surface area contributed by atoms with E-state index in [0.29, 0.717) is 11.5 Å². The van der Waals surface area contributed by atoms with Crippen LogP contribution in [-0.2, 0) is 20.7 Å². The van der Waals surface area contributed by atoms with Crippen LogP contribution >= 0.6 is 0 Å². The standard InChI is InChI=1S/C36H44O3/c1-12-32-22(4)24(6)33(25(7)23(32)5)17-18-34-26(8)28(10)35(29(11)27(34)9)19-30-13-15-31(16-14-30)38-20-39-36(37)21(2)3/h1,30-31H,2,13-16,19-20H2,3-11H3. The molecule has 0 heterocycles. The van der Waals surface area contributed by atoms with E-state index in [9.17, 15) is 4.79 Å². The lowest BCUT2D eigenvalue weighted by atomic mass is 9.79. The Hall–Kier alpha value is -3.27. The molecule has 0 radical (unpaired) electrons. The molecule has 206 valence electrons. The molecule has 3 heteroatoms. The summed E-state index contributed by atoms with van der Waals surface area (Å²) in [6.45, 7) is 22.6. The fourth-order valence-corrected chi connectivity index (χ4v) is 5.82. The Morgan fingerprint density at radius 1 is 0.769 bits per heavy atom. The maximum Gasteiger partial charge on any atom is 0.335 e. The maximum absolute atomic E-state index is 11.6. The average molecular weight is 525 g/mol. The Labute approximate surface area is 236 Å². The molecule has 0 aromatic heterocycles. The van der Waals surface area contributed by atoms with Gasteiger partial charge in [-0.25, -0.2) is 4.79 Å². The van der Waals surface area contributed by atoms with Crippen molar-refractivity contribution in [2.75, 3.05) is 6.79 Å². The summed E-state index contributed by atoms with van der Waals surface area (Å²) in [6.07, 6.45) is 11.2. The number of ether oxygens (including phenoxy) is 2. The number of benzene rings is 2. The fourth-order valence-electron chi connectivity index (χ4n) is 5.82. The summed E-state index contributed by atoms with van der Waals surface area (Å²) in [5.41, 5.74) is 15.0. The van der Waals surface area contributed by atoms with Crippen LogP contribution in [0.3, 0.4) is 0 Å². The van der Waals surface area contributed by atoms with Gasteiger partial charge in [0, 0.05) is 22.3 Å². The van der Waals surface area contributed by atoms with Crippen LogP contribution in [0.15, 0.2) is 12.2 Å². The number of esters is 1. The molecular formula is C36H44O3. The fraction of sp³-hybridized carbons (Fsp3) is 0.472. The van der Waals surface area contributed by atoms with Crippen molar-refractivity contribution in [2.24, 2.45) is 5.92 Å². The second-order valence-electron chi connectivity index (χ2n) is 11.3. The van der Waals surface area contributed by atoms with Crippen LogP contribution in [0.5, 0.6) is 0 Å². The monoisotopic (exact) mass is 524 g/mol. The minimum Gasteiger partial charge on any atom is -0.435 e. The van der Waals surface area contributed by atoms with Gasteiger partial charge in [0.1, 0.15) is 0 Å². The van der Waals surface area contributed by atoms with E-state index < -0.39 is 5.97 Å². The maximum atomic E-state index is 11.6. The summed E-state index contributed by atoms with van der Waals surface area (Å²) in [7, 11) is 0. The van der Waals surface area contributed by atoms with Gasteiger partial charge in [0.05, 0.1) is 6.10 Å². The predicted molar refractivity (Wildman–Crippen MR) is 161 cm³/mol. The number of terminal acetylenes is 1. The number of hydrogen-bond acceptors (Lipinski definition) is 3. The van der Waals surface area contributed by atoms with Crippen molar-refractivity contribution in [3.63, 3.8) is 0 Å². The molecule has 2 aromatic rings. The predicted octanol–water partition coefficient (Wildman–Crippen LogP) is 7.73. The summed E-state index contributed by atoms with van der Waals surface area (Å²) in [5, 5.41) is 0. The number of rotatable bonds is 6. The molecule has 1 aliphatic rings. The highest BCUT2D eigenvalue weighted by atomic mass is 16.7. The molecule has 0 N–H and O–H groups in total. The van der Waals surface area contributed by atoms with E-state index in [2.05, 4.69) is 79.7 Å². The van der Waals surface area contributed by atoms with Gasteiger partial charge in [0.25, 0.3) is 0 Å². The van der Waals surface area contributed by atoms with E-state index in [-0.39, 0.29) is 12.9 Å². The Balaban J connectivity index is 1.78. The molecule has 0 saturated heterocycles. The lowest BCUT2D eigenvalue weighted by Gasteiger charge is -2.30. The van der Waals surface area contributed by atoms with Crippen molar-refractivity contribution in [1.82, 2.24) is 0 Å². The van der Waals surface area contributed by atoms with E-state index >= 15 is 0 Å². The minimum absolute atomic E-state index is 0.00632. The van der Waals surface area contributed by atoms with E-state index in [0.717, 1.165) is 59.9 Å². The van der Waals surface area contributed by atoms with E-state index in [1.165, 1.54) is 38.9 Å². The summed E-state index contributed by atoms with van der Waals surface area (Å²) < 4.78 is 10.9. The molecule has 1 aliphatic carbocycles. The van der Waals surface area contributed by atoms with Crippen molar-refractivity contribution in [3.8, 4) is 24.2 Å². The van der Waals surface area contributed by atoms with Crippen molar-refractivity contribution >= 4 is 5.97 Å². The third kappa shape index (κ3) is 6.49. The van der Waals surface area contributed by atoms with Gasteiger partial charge in [-0.05, 0) is 150 Å². The topological polar surface area (TPSA) is 35.5 Å². The molecule has 0 amide bonds. The van der Waals surface area contributed by atoms with E-state index in [1.54, 1.807) is 6.92 Å². The Morgan fingerprint density at radius 3 is 1.64 bits per heavy atom. The van der Waals surface area contributed by atoms with Gasteiger partial charge in [0.15, 0.2) is 6.79 Å². The van der Waals surface area contributed by atoms with Crippen LogP contribution < -0.4 is 0 Å². The zero-order chi connectivity index (χ0) is 29.0. The van der Waals surface area contributed by atoms with Crippen LogP contribution in [0, 0.1) is 85.5 Å². The first-order valence-electron chi connectivity index (χ1n) is 14.0. The minimum atomic E-state index is -0.397. The van der Waals surface area contributed by atoms with Crippen LogP contribution in [0.25, 0.3) is 0 Å². The van der Waals surface area contributed by atoms with Crippen LogP contribution in [0.2, 0.25) is 0 Å². The highest BCUT2D eigenvalue weighted by Crippen LogP contribution is 2.34. The lowest BCUT2D eigenvalue weighted by Crippen LogP contribution is -2.25. The first-order valence-corrected chi connectivity index (χ1v) is 14.0. The summed E-state index contributed by atoms with van der Waals surface area (Å²) in [5.74, 6) is 10.2. The third-order valence-electron chi connectivity index (χ3n) is 8.99. The van der Waals surface area contributed by atoms with Crippen molar-refractivity contribution in [1.29, 1.82) is 0 Å². The largest absolute Gasteiger partial charge is 0.435 e. The summed E-state index contributed by atoms with van der Waals surface area (Å²) in [6, 6.07) is 0. The second-order valence-corrected chi connectivity index (χ2v) is 11.3. The van der Waals surface area contributed by atoms with E-state index in [1.807, 2.05) is 0 Å². The lowest BCUT2D eigenvalue weighted by molar-refractivity contribution is -0.158. The summed E-state index contributed by atoms with van der Waals surface area (Å²) >= 11 is 0. The Bertz CT molecular complexity index is 1340. The second kappa shape index (κ2) is 12.7. The number of carbonyl (C=O) groups is 1. The van der Waals surface area contributed by atoms with Crippen molar-refractivity contribution < 1.29 is 14.3 Å².